The molecule has 5 rings (SSSR count). The van der Waals surface area contributed by atoms with Gasteiger partial charge in [0, 0.05) is 12.2 Å². The standard InChI is InChI=1S/C23H20F5N5/c1-2-32(20-19-17(25)4-3-5-18(19)33-13-29-31-21(33)30-20)16-11-14(10-15(24)12-16)6-7-22(8-9-22)23(26,27)28/h3-5,10-13H,2,6-9H2,1H3. The highest BCUT2D eigenvalue weighted by molar-refractivity contribution is 5.94. The first-order valence-corrected chi connectivity index (χ1v) is 10.6. The minimum absolute atomic E-state index is 0.0902. The number of alkyl halides is 3. The van der Waals surface area contributed by atoms with E-state index in [1.54, 1.807) is 34.4 Å². The Labute approximate surface area is 185 Å². The van der Waals surface area contributed by atoms with Crippen molar-refractivity contribution in [1.29, 1.82) is 0 Å². The molecule has 2 aromatic carbocycles. The van der Waals surface area contributed by atoms with Crippen LogP contribution in [0.1, 0.15) is 31.7 Å². The summed E-state index contributed by atoms with van der Waals surface area (Å²) in [5, 5.41) is 8.02. The van der Waals surface area contributed by atoms with Gasteiger partial charge in [-0.2, -0.15) is 18.2 Å². The van der Waals surface area contributed by atoms with Crippen LogP contribution in [0.4, 0.5) is 33.5 Å². The van der Waals surface area contributed by atoms with E-state index in [9.17, 15) is 22.0 Å². The molecule has 1 fully saturated rings. The van der Waals surface area contributed by atoms with Crippen LogP contribution < -0.4 is 4.90 Å². The van der Waals surface area contributed by atoms with Crippen LogP contribution >= 0.6 is 0 Å². The summed E-state index contributed by atoms with van der Waals surface area (Å²) >= 11 is 0. The SMILES string of the molecule is CCN(c1cc(F)cc(CCC2(C(F)(F)F)CC2)c1)c1nc2nncn2c2cccc(F)c12. The van der Waals surface area contributed by atoms with Gasteiger partial charge in [-0.15, -0.1) is 10.2 Å². The fourth-order valence-electron chi connectivity index (χ4n) is 4.35. The summed E-state index contributed by atoms with van der Waals surface area (Å²) in [5.41, 5.74) is -0.336. The average molecular weight is 461 g/mol. The van der Waals surface area contributed by atoms with Gasteiger partial charge in [0.1, 0.15) is 23.8 Å². The van der Waals surface area contributed by atoms with Crippen LogP contribution in [0.5, 0.6) is 0 Å². The fraction of sp³-hybridized carbons (Fsp3) is 0.348. The number of fused-ring (bicyclic) bond motifs is 3. The van der Waals surface area contributed by atoms with E-state index in [1.165, 1.54) is 24.5 Å². The number of halogens is 5. The van der Waals surface area contributed by atoms with Crippen LogP contribution in [0.3, 0.4) is 0 Å². The minimum Gasteiger partial charge on any atom is -0.326 e. The van der Waals surface area contributed by atoms with E-state index in [-0.39, 0.29) is 42.7 Å². The number of benzene rings is 2. The van der Waals surface area contributed by atoms with E-state index in [1.807, 2.05) is 0 Å². The Morgan fingerprint density at radius 1 is 1.12 bits per heavy atom. The molecule has 0 aliphatic heterocycles. The van der Waals surface area contributed by atoms with Crippen molar-refractivity contribution in [3.63, 3.8) is 0 Å². The number of aromatic nitrogens is 4. The predicted octanol–water partition coefficient (Wildman–Crippen LogP) is 5.99. The molecule has 0 N–H and O–H groups in total. The lowest BCUT2D eigenvalue weighted by molar-refractivity contribution is -0.188. The second kappa shape index (κ2) is 7.64. The van der Waals surface area contributed by atoms with Gasteiger partial charge in [-0.3, -0.25) is 4.40 Å². The molecule has 0 radical (unpaired) electrons. The molecule has 0 bridgehead atoms. The second-order valence-electron chi connectivity index (χ2n) is 8.41. The van der Waals surface area contributed by atoms with Gasteiger partial charge in [-0.25, -0.2) is 8.78 Å². The largest absolute Gasteiger partial charge is 0.394 e. The molecule has 4 aromatic rings. The second-order valence-corrected chi connectivity index (χ2v) is 8.41. The van der Waals surface area contributed by atoms with Crippen molar-refractivity contribution < 1.29 is 22.0 Å². The third-order valence-electron chi connectivity index (χ3n) is 6.38. The van der Waals surface area contributed by atoms with Crippen LogP contribution in [0, 0.1) is 17.0 Å². The molecule has 0 spiro atoms. The number of anilines is 2. The normalized spacial score (nSPS) is 15.3. The van der Waals surface area contributed by atoms with Gasteiger partial charge in [0.2, 0.25) is 0 Å². The Hall–Kier alpha value is -3.30. The molecule has 5 nitrogen and oxygen atoms in total. The lowest BCUT2D eigenvalue weighted by Gasteiger charge is -2.25. The van der Waals surface area contributed by atoms with Crippen molar-refractivity contribution in [2.45, 2.75) is 38.8 Å². The highest BCUT2D eigenvalue weighted by Crippen LogP contribution is 2.60. The van der Waals surface area contributed by atoms with Crippen LogP contribution in [-0.2, 0) is 6.42 Å². The summed E-state index contributed by atoms with van der Waals surface area (Å²) in [4.78, 5) is 6.09. The molecule has 2 heterocycles. The van der Waals surface area contributed by atoms with Crippen molar-refractivity contribution in [2.24, 2.45) is 5.41 Å². The van der Waals surface area contributed by atoms with E-state index in [0.29, 0.717) is 23.3 Å². The maximum Gasteiger partial charge on any atom is 0.394 e. The number of hydrogen-bond acceptors (Lipinski definition) is 4. The van der Waals surface area contributed by atoms with Gasteiger partial charge in [0.25, 0.3) is 5.78 Å². The van der Waals surface area contributed by atoms with Crippen molar-refractivity contribution in [3.8, 4) is 0 Å². The Kier molecular flexibility index (Phi) is 4.98. The Morgan fingerprint density at radius 3 is 2.61 bits per heavy atom. The quantitative estimate of drug-likeness (QED) is 0.331. The van der Waals surface area contributed by atoms with Crippen LogP contribution in [0.25, 0.3) is 16.7 Å². The van der Waals surface area contributed by atoms with E-state index >= 15 is 0 Å². The van der Waals surface area contributed by atoms with Gasteiger partial charge in [0.15, 0.2) is 0 Å². The Morgan fingerprint density at radius 2 is 1.91 bits per heavy atom. The van der Waals surface area contributed by atoms with Gasteiger partial charge in [0.05, 0.1) is 16.3 Å². The molecule has 1 aliphatic carbocycles. The Balaban J connectivity index is 1.57. The maximum absolute atomic E-state index is 14.9. The Bertz CT molecular complexity index is 1340. The molecular weight excluding hydrogens is 441 g/mol. The monoisotopic (exact) mass is 461 g/mol. The molecule has 0 unspecified atom stereocenters. The molecular formula is C23H20F5N5. The lowest BCUT2D eigenvalue weighted by Crippen LogP contribution is -2.25. The molecule has 0 amide bonds. The highest BCUT2D eigenvalue weighted by atomic mass is 19.4. The summed E-state index contributed by atoms with van der Waals surface area (Å²) in [7, 11) is 0. The van der Waals surface area contributed by atoms with E-state index < -0.39 is 23.2 Å². The van der Waals surface area contributed by atoms with E-state index in [2.05, 4.69) is 15.2 Å². The number of nitrogens with zero attached hydrogens (tertiary/aromatic N) is 5. The average Bonchev–Trinajstić information content (AvgIpc) is 3.42. The first kappa shape index (κ1) is 21.5. The van der Waals surface area contributed by atoms with E-state index in [0.717, 1.165) is 0 Å². The summed E-state index contributed by atoms with van der Waals surface area (Å²) in [6, 6.07) is 8.73. The van der Waals surface area contributed by atoms with Gasteiger partial charge >= 0.3 is 6.18 Å². The summed E-state index contributed by atoms with van der Waals surface area (Å²) in [6.45, 7) is 2.12. The first-order chi connectivity index (χ1) is 15.7. The van der Waals surface area contributed by atoms with Crippen molar-refractivity contribution in [1.82, 2.24) is 19.6 Å². The zero-order valence-electron chi connectivity index (χ0n) is 17.7. The highest BCUT2D eigenvalue weighted by Gasteiger charge is 2.62. The maximum atomic E-state index is 14.9. The van der Waals surface area contributed by atoms with E-state index in [4.69, 9.17) is 0 Å². The van der Waals surface area contributed by atoms with Gasteiger partial charge < -0.3 is 4.90 Å². The van der Waals surface area contributed by atoms with Gasteiger partial charge in [-0.1, -0.05) is 6.07 Å². The fourth-order valence-corrected chi connectivity index (χ4v) is 4.35. The zero-order valence-corrected chi connectivity index (χ0v) is 17.7. The summed E-state index contributed by atoms with van der Waals surface area (Å²) in [5.74, 6) is -0.608. The van der Waals surface area contributed by atoms with Gasteiger partial charge in [-0.05, 0) is 68.5 Å². The molecule has 1 saturated carbocycles. The topological polar surface area (TPSA) is 46.3 Å². The van der Waals surface area contributed by atoms with Crippen molar-refractivity contribution >= 4 is 28.2 Å². The lowest BCUT2D eigenvalue weighted by atomic mass is 9.96. The first-order valence-electron chi connectivity index (χ1n) is 10.6. The van der Waals surface area contributed by atoms with Crippen LogP contribution in [0.15, 0.2) is 42.7 Å². The number of hydrogen-bond donors (Lipinski definition) is 0. The van der Waals surface area contributed by atoms with Crippen LogP contribution in [0.2, 0.25) is 0 Å². The molecule has 0 saturated heterocycles. The predicted molar refractivity (Wildman–Crippen MR) is 113 cm³/mol. The smallest absolute Gasteiger partial charge is 0.326 e. The number of rotatable bonds is 6. The summed E-state index contributed by atoms with van der Waals surface area (Å²) < 4.78 is 70.9. The van der Waals surface area contributed by atoms with Crippen LogP contribution in [-0.4, -0.2) is 32.3 Å². The molecule has 172 valence electrons. The molecule has 0 atom stereocenters. The third-order valence-corrected chi connectivity index (χ3v) is 6.38. The molecule has 2 aromatic heterocycles. The molecule has 33 heavy (non-hydrogen) atoms. The molecule has 10 heteroatoms. The molecule has 1 aliphatic rings. The zero-order chi connectivity index (χ0) is 23.4. The van der Waals surface area contributed by atoms with Crippen molar-refractivity contribution in [2.75, 3.05) is 11.4 Å². The minimum atomic E-state index is -4.26. The van der Waals surface area contributed by atoms with Crippen molar-refractivity contribution in [3.05, 3.63) is 59.9 Å². The summed E-state index contributed by atoms with van der Waals surface area (Å²) in [6.07, 6.45) is -2.62. The number of aryl methyl sites for hydroxylation is 1. The third kappa shape index (κ3) is 3.67.